The maximum absolute atomic E-state index is 13.1. The number of carbonyl (C=O) groups is 3. The van der Waals surface area contributed by atoms with E-state index in [1.54, 1.807) is 6.07 Å². The summed E-state index contributed by atoms with van der Waals surface area (Å²) < 4.78 is 0. The molecule has 138 valence electrons. The smallest absolute Gasteiger partial charge is 0.234 e. The summed E-state index contributed by atoms with van der Waals surface area (Å²) in [7, 11) is 0. The van der Waals surface area contributed by atoms with Gasteiger partial charge in [0.2, 0.25) is 17.7 Å². The second kappa shape index (κ2) is 6.50. The maximum atomic E-state index is 13.1. The fourth-order valence-electron chi connectivity index (χ4n) is 4.72. The Hall–Kier alpha value is -2.21. The Morgan fingerprint density at radius 3 is 2.77 bits per heavy atom. The fraction of sp³-hybridized carbons (Fsp3) is 0.550. The second-order valence-electron chi connectivity index (χ2n) is 7.81. The number of hydrogen-bond donors (Lipinski definition) is 2. The summed E-state index contributed by atoms with van der Waals surface area (Å²) in [4.78, 5) is 38.5. The van der Waals surface area contributed by atoms with Gasteiger partial charge in [-0.15, -0.1) is 0 Å². The number of aryl methyl sites for hydroxylation is 1. The molecular weight excluding hydrogens is 330 g/mol. The zero-order valence-electron chi connectivity index (χ0n) is 15.1. The molecule has 6 heteroatoms. The van der Waals surface area contributed by atoms with Crippen LogP contribution in [0.15, 0.2) is 18.2 Å². The molecule has 0 spiro atoms. The summed E-state index contributed by atoms with van der Waals surface area (Å²) in [5.74, 6) is 0.101. The van der Waals surface area contributed by atoms with Crippen LogP contribution in [0.4, 0.5) is 11.4 Å². The molecule has 3 amide bonds. The predicted octanol–water partition coefficient (Wildman–Crippen LogP) is 2.37. The van der Waals surface area contributed by atoms with Crippen LogP contribution in [-0.2, 0) is 14.4 Å². The Bertz CT molecular complexity index is 760. The van der Waals surface area contributed by atoms with Crippen molar-refractivity contribution in [3.8, 4) is 0 Å². The van der Waals surface area contributed by atoms with Crippen molar-refractivity contribution in [3.63, 3.8) is 0 Å². The molecule has 2 aliphatic heterocycles. The first-order valence-corrected chi connectivity index (χ1v) is 9.50. The second-order valence-corrected chi connectivity index (χ2v) is 7.81. The predicted molar refractivity (Wildman–Crippen MR) is 98.8 cm³/mol. The highest BCUT2D eigenvalue weighted by Crippen LogP contribution is 2.44. The number of rotatable bonds is 3. The highest BCUT2D eigenvalue weighted by atomic mass is 16.2. The lowest BCUT2D eigenvalue weighted by molar-refractivity contribution is -0.128. The third-order valence-corrected chi connectivity index (χ3v) is 6.25. The third-order valence-electron chi connectivity index (χ3n) is 6.25. The van der Waals surface area contributed by atoms with E-state index in [2.05, 4.69) is 10.6 Å². The van der Waals surface area contributed by atoms with E-state index in [1.807, 2.05) is 19.1 Å². The van der Waals surface area contributed by atoms with Crippen molar-refractivity contribution in [2.75, 3.05) is 23.3 Å². The van der Waals surface area contributed by atoms with E-state index in [0.29, 0.717) is 17.3 Å². The number of hydrogen-bond acceptors (Lipinski definition) is 4. The topological polar surface area (TPSA) is 78.5 Å². The minimum Gasteiger partial charge on any atom is -0.325 e. The lowest BCUT2D eigenvalue weighted by Gasteiger charge is -2.37. The number of amides is 3. The summed E-state index contributed by atoms with van der Waals surface area (Å²) in [5, 5.41) is 6.46. The molecule has 3 aliphatic rings. The van der Waals surface area contributed by atoms with E-state index in [0.717, 1.165) is 37.9 Å². The van der Waals surface area contributed by atoms with Gasteiger partial charge in [0.05, 0.1) is 11.1 Å². The average molecular weight is 355 g/mol. The van der Waals surface area contributed by atoms with Gasteiger partial charge in [-0.25, -0.2) is 0 Å². The van der Waals surface area contributed by atoms with Gasteiger partial charge in [0.25, 0.3) is 0 Å². The summed E-state index contributed by atoms with van der Waals surface area (Å²) in [6.45, 7) is 3.51. The van der Waals surface area contributed by atoms with Crippen LogP contribution >= 0.6 is 0 Å². The number of nitrogens with one attached hydrogen (secondary N) is 2. The lowest BCUT2D eigenvalue weighted by Crippen LogP contribution is -2.44. The number of imide groups is 1. The number of benzene rings is 1. The Morgan fingerprint density at radius 2 is 2.00 bits per heavy atom. The molecule has 0 bridgehead atoms. The van der Waals surface area contributed by atoms with Gasteiger partial charge in [0.15, 0.2) is 0 Å². The molecule has 2 heterocycles. The van der Waals surface area contributed by atoms with Gasteiger partial charge in [0, 0.05) is 25.1 Å². The van der Waals surface area contributed by atoms with Gasteiger partial charge < -0.3 is 10.6 Å². The van der Waals surface area contributed by atoms with Crippen LogP contribution in [0.5, 0.6) is 0 Å². The Kier molecular flexibility index (Phi) is 4.31. The molecule has 1 saturated carbocycles. The van der Waals surface area contributed by atoms with E-state index in [4.69, 9.17) is 0 Å². The van der Waals surface area contributed by atoms with Crippen LogP contribution < -0.4 is 15.5 Å². The van der Waals surface area contributed by atoms with Crippen LogP contribution in [0.1, 0.15) is 44.1 Å². The average Bonchev–Trinajstić information content (AvgIpc) is 3.21. The monoisotopic (exact) mass is 355 g/mol. The minimum absolute atomic E-state index is 0.0566. The Morgan fingerprint density at radius 1 is 1.23 bits per heavy atom. The van der Waals surface area contributed by atoms with Gasteiger partial charge in [-0.2, -0.15) is 0 Å². The minimum atomic E-state index is -0.331. The van der Waals surface area contributed by atoms with E-state index < -0.39 is 0 Å². The van der Waals surface area contributed by atoms with E-state index in [1.165, 1.54) is 11.3 Å². The Balaban J connectivity index is 1.59. The van der Waals surface area contributed by atoms with Crippen molar-refractivity contribution in [1.82, 2.24) is 5.32 Å². The zero-order chi connectivity index (χ0) is 18.3. The summed E-state index contributed by atoms with van der Waals surface area (Å²) >= 11 is 0. The first kappa shape index (κ1) is 17.2. The standard InChI is InChI=1S/C20H25N3O3/c1-13-5-6-15(10-16(13)23-17(24)7-8-18(23)25)22-19(26)20-9-3-2-4-14(20)11-21-12-20/h5-6,10,14,21H,2-4,7-9,11-12H2,1H3,(H,22,26)/t14-,20+/m0/s1. The number of carbonyl (C=O) groups excluding carboxylic acids is 3. The van der Waals surface area contributed by atoms with Crippen LogP contribution in [0.2, 0.25) is 0 Å². The van der Waals surface area contributed by atoms with Crippen molar-refractivity contribution in [3.05, 3.63) is 23.8 Å². The Labute approximate surface area is 153 Å². The van der Waals surface area contributed by atoms with Crippen LogP contribution in [0, 0.1) is 18.3 Å². The van der Waals surface area contributed by atoms with Crippen LogP contribution in [0.25, 0.3) is 0 Å². The highest BCUT2D eigenvalue weighted by molar-refractivity contribution is 6.20. The summed E-state index contributed by atoms with van der Waals surface area (Å²) in [6, 6.07) is 5.45. The van der Waals surface area contributed by atoms with Crippen molar-refractivity contribution < 1.29 is 14.4 Å². The van der Waals surface area contributed by atoms with Crippen LogP contribution in [0.3, 0.4) is 0 Å². The van der Waals surface area contributed by atoms with Crippen molar-refractivity contribution >= 4 is 29.1 Å². The largest absolute Gasteiger partial charge is 0.325 e. The number of nitrogens with zero attached hydrogens (tertiary/aromatic N) is 1. The molecule has 2 saturated heterocycles. The fourth-order valence-corrected chi connectivity index (χ4v) is 4.72. The summed E-state index contributed by atoms with van der Waals surface area (Å²) in [5.41, 5.74) is 1.75. The van der Waals surface area contributed by atoms with Gasteiger partial charge in [0.1, 0.15) is 0 Å². The summed E-state index contributed by atoms with van der Waals surface area (Å²) in [6.07, 6.45) is 4.79. The molecule has 4 rings (SSSR count). The molecule has 0 radical (unpaired) electrons. The van der Waals surface area contributed by atoms with Crippen LogP contribution in [-0.4, -0.2) is 30.8 Å². The molecule has 1 aromatic rings. The molecular formula is C20H25N3O3. The highest BCUT2D eigenvalue weighted by Gasteiger charge is 2.49. The molecule has 2 N–H and O–H groups in total. The lowest BCUT2D eigenvalue weighted by atomic mass is 9.67. The first-order chi connectivity index (χ1) is 12.5. The van der Waals surface area contributed by atoms with Gasteiger partial charge >= 0.3 is 0 Å². The maximum Gasteiger partial charge on any atom is 0.234 e. The molecule has 1 aromatic carbocycles. The molecule has 3 fully saturated rings. The SMILES string of the molecule is Cc1ccc(NC(=O)[C@@]23CCCC[C@H]2CNC3)cc1N1C(=O)CCC1=O. The molecule has 0 unspecified atom stereocenters. The van der Waals surface area contributed by atoms with E-state index in [-0.39, 0.29) is 36.0 Å². The van der Waals surface area contributed by atoms with E-state index >= 15 is 0 Å². The van der Waals surface area contributed by atoms with Gasteiger partial charge in [-0.05, 0) is 49.9 Å². The van der Waals surface area contributed by atoms with E-state index in [9.17, 15) is 14.4 Å². The molecule has 0 aromatic heterocycles. The quantitative estimate of drug-likeness (QED) is 0.816. The number of fused-ring (bicyclic) bond motifs is 1. The molecule has 6 nitrogen and oxygen atoms in total. The first-order valence-electron chi connectivity index (χ1n) is 9.50. The van der Waals surface area contributed by atoms with Gasteiger partial charge in [-0.3, -0.25) is 19.3 Å². The number of anilines is 2. The normalized spacial score (nSPS) is 28.3. The van der Waals surface area contributed by atoms with Crippen molar-refractivity contribution in [2.24, 2.45) is 11.3 Å². The molecule has 1 aliphatic carbocycles. The zero-order valence-corrected chi connectivity index (χ0v) is 15.1. The molecule has 2 atom stereocenters. The van der Waals surface area contributed by atoms with Crippen molar-refractivity contribution in [2.45, 2.75) is 45.4 Å². The molecule has 26 heavy (non-hydrogen) atoms. The van der Waals surface area contributed by atoms with Gasteiger partial charge in [-0.1, -0.05) is 18.9 Å². The van der Waals surface area contributed by atoms with Crippen molar-refractivity contribution in [1.29, 1.82) is 0 Å². The third kappa shape index (κ3) is 2.72.